The molecule has 0 heterocycles. The zero-order valence-corrected chi connectivity index (χ0v) is 19.2. The van der Waals surface area contributed by atoms with E-state index in [0.717, 1.165) is 33.4 Å². The molecule has 0 aliphatic carbocycles. The molecule has 0 fully saturated rings. The average Bonchev–Trinajstić information content (AvgIpc) is 2.86. The van der Waals surface area contributed by atoms with Gasteiger partial charge in [-0.25, -0.2) is 8.42 Å². The molecule has 2 nitrogen and oxygen atoms in total. The molecule has 0 aliphatic heterocycles. The molecule has 0 bridgehead atoms. The van der Waals surface area contributed by atoms with Gasteiger partial charge in [0.05, 0.1) is 11.5 Å². The first-order valence-electron chi connectivity index (χ1n) is 10.9. The molecule has 4 aromatic rings. The quantitative estimate of drug-likeness (QED) is 0.285. The van der Waals surface area contributed by atoms with Crippen molar-refractivity contribution >= 4 is 22.0 Å². The SMILES string of the molecule is O=S(=O)(C/C=C/c1ccc(-c2ccccc2)cc1)C/C=C/c1ccc(-c2ccccc2)cc1. The monoisotopic (exact) mass is 450 g/mol. The summed E-state index contributed by atoms with van der Waals surface area (Å²) < 4.78 is 24.8. The normalized spacial score (nSPS) is 11.9. The van der Waals surface area contributed by atoms with E-state index in [0.29, 0.717) is 0 Å². The largest absolute Gasteiger partial charge is 0.228 e. The maximum absolute atomic E-state index is 12.4. The number of sulfone groups is 1. The summed E-state index contributed by atoms with van der Waals surface area (Å²) in [6.45, 7) is 0. The predicted octanol–water partition coefficient (Wildman–Crippen LogP) is 7.16. The summed E-state index contributed by atoms with van der Waals surface area (Å²) >= 11 is 0. The molecule has 3 heteroatoms. The van der Waals surface area contributed by atoms with Crippen LogP contribution in [0.25, 0.3) is 34.4 Å². The Morgan fingerprint density at radius 1 is 0.455 bits per heavy atom. The Balaban J connectivity index is 1.30. The highest BCUT2D eigenvalue weighted by molar-refractivity contribution is 7.91. The van der Waals surface area contributed by atoms with Crippen molar-refractivity contribution < 1.29 is 8.42 Å². The van der Waals surface area contributed by atoms with Gasteiger partial charge in [-0.15, -0.1) is 0 Å². The first-order valence-corrected chi connectivity index (χ1v) is 12.8. The van der Waals surface area contributed by atoms with E-state index in [1.807, 2.05) is 72.8 Å². The third-order valence-electron chi connectivity index (χ3n) is 5.36. The lowest BCUT2D eigenvalue weighted by Crippen LogP contribution is -2.07. The van der Waals surface area contributed by atoms with E-state index >= 15 is 0 Å². The summed E-state index contributed by atoms with van der Waals surface area (Å²) in [6.07, 6.45) is 7.15. The van der Waals surface area contributed by atoms with Crippen LogP contribution < -0.4 is 0 Å². The third-order valence-corrected chi connectivity index (χ3v) is 6.76. The van der Waals surface area contributed by atoms with Crippen LogP contribution in [0.15, 0.2) is 121 Å². The van der Waals surface area contributed by atoms with Crippen molar-refractivity contribution in [1.82, 2.24) is 0 Å². The van der Waals surface area contributed by atoms with Crippen molar-refractivity contribution in [1.29, 1.82) is 0 Å². The summed E-state index contributed by atoms with van der Waals surface area (Å²) in [6, 6.07) is 36.6. The molecular weight excluding hydrogens is 424 g/mol. The van der Waals surface area contributed by atoms with E-state index in [-0.39, 0.29) is 11.5 Å². The molecule has 33 heavy (non-hydrogen) atoms. The van der Waals surface area contributed by atoms with E-state index in [1.54, 1.807) is 12.2 Å². The van der Waals surface area contributed by atoms with Crippen LogP contribution in [0.3, 0.4) is 0 Å². The maximum atomic E-state index is 12.4. The molecule has 4 aromatic carbocycles. The Hall–Kier alpha value is -3.69. The van der Waals surface area contributed by atoms with Crippen LogP contribution >= 0.6 is 0 Å². The minimum atomic E-state index is -3.20. The van der Waals surface area contributed by atoms with Crippen LogP contribution in [0.1, 0.15) is 11.1 Å². The predicted molar refractivity (Wildman–Crippen MR) is 140 cm³/mol. The van der Waals surface area contributed by atoms with Crippen molar-refractivity contribution in [3.63, 3.8) is 0 Å². The molecule has 0 amide bonds. The smallest absolute Gasteiger partial charge is 0.157 e. The van der Waals surface area contributed by atoms with Crippen molar-refractivity contribution in [3.8, 4) is 22.3 Å². The Morgan fingerprint density at radius 2 is 0.788 bits per heavy atom. The highest BCUT2D eigenvalue weighted by atomic mass is 32.2. The lowest BCUT2D eigenvalue weighted by Gasteiger charge is -2.02. The van der Waals surface area contributed by atoms with Crippen LogP contribution in [-0.2, 0) is 9.84 Å². The van der Waals surface area contributed by atoms with Gasteiger partial charge in [0.25, 0.3) is 0 Å². The zero-order valence-electron chi connectivity index (χ0n) is 18.3. The molecule has 0 spiro atoms. The average molecular weight is 451 g/mol. The molecule has 0 aliphatic rings. The minimum absolute atomic E-state index is 0.0186. The molecule has 164 valence electrons. The van der Waals surface area contributed by atoms with E-state index in [1.165, 1.54) is 0 Å². The second-order valence-corrected chi connectivity index (χ2v) is 10.0. The lowest BCUT2D eigenvalue weighted by atomic mass is 10.0. The second kappa shape index (κ2) is 10.8. The van der Waals surface area contributed by atoms with Crippen LogP contribution in [0.4, 0.5) is 0 Å². The van der Waals surface area contributed by atoms with Gasteiger partial charge in [0.15, 0.2) is 9.84 Å². The van der Waals surface area contributed by atoms with Crippen molar-refractivity contribution in [2.45, 2.75) is 0 Å². The Labute approximate surface area is 196 Å². The van der Waals surface area contributed by atoms with Gasteiger partial charge in [-0.1, -0.05) is 133 Å². The number of benzene rings is 4. The standard InChI is InChI=1S/C30H26O2S/c31-33(32,23-7-9-25-15-19-29(20-16-25)27-11-3-1-4-12-27)24-8-10-26-17-21-30(22-18-26)28-13-5-2-6-14-28/h1-22H,23-24H2/b9-7+,10-8+. The molecule has 4 rings (SSSR count). The fourth-order valence-corrected chi connectivity index (χ4v) is 4.48. The Bertz CT molecular complexity index is 1220. The zero-order chi connectivity index (χ0) is 22.9. The van der Waals surface area contributed by atoms with Crippen molar-refractivity contribution in [3.05, 3.63) is 132 Å². The molecule has 0 saturated heterocycles. The fraction of sp³-hybridized carbons (Fsp3) is 0.0667. The summed E-state index contributed by atoms with van der Waals surface area (Å²) in [7, 11) is -3.20. The Kier molecular flexibility index (Phi) is 7.33. The minimum Gasteiger partial charge on any atom is -0.228 e. The van der Waals surface area contributed by atoms with Gasteiger partial charge in [0.2, 0.25) is 0 Å². The fourth-order valence-electron chi connectivity index (χ4n) is 3.56. The van der Waals surface area contributed by atoms with Gasteiger partial charge in [-0.05, 0) is 33.4 Å². The highest BCUT2D eigenvalue weighted by Gasteiger charge is 2.05. The first-order chi connectivity index (χ1) is 16.1. The Morgan fingerprint density at radius 3 is 1.15 bits per heavy atom. The molecule has 0 atom stereocenters. The molecule has 0 N–H and O–H groups in total. The summed E-state index contributed by atoms with van der Waals surface area (Å²) in [5.74, 6) is 0.0371. The number of rotatable bonds is 8. The molecule has 0 unspecified atom stereocenters. The number of hydrogen-bond donors (Lipinski definition) is 0. The van der Waals surface area contributed by atoms with Gasteiger partial charge in [0, 0.05) is 0 Å². The summed E-state index contributed by atoms with van der Waals surface area (Å²) in [5.41, 5.74) is 6.58. The van der Waals surface area contributed by atoms with E-state index in [2.05, 4.69) is 48.5 Å². The van der Waals surface area contributed by atoms with Crippen LogP contribution in [0.5, 0.6) is 0 Å². The van der Waals surface area contributed by atoms with Gasteiger partial charge < -0.3 is 0 Å². The van der Waals surface area contributed by atoms with Crippen molar-refractivity contribution in [2.24, 2.45) is 0 Å². The van der Waals surface area contributed by atoms with Crippen LogP contribution in [0, 0.1) is 0 Å². The lowest BCUT2D eigenvalue weighted by molar-refractivity contribution is 0.602. The van der Waals surface area contributed by atoms with Gasteiger partial charge in [-0.2, -0.15) is 0 Å². The van der Waals surface area contributed by atoms with Gasteiger partial charge in [0.1, 0.15) is 0 Å². The van der Waals surface area contributed by atoms with Crippen LogP contribution in [0.2, 0.25) is 0 Å². The highest BCUT2D eigenvalue weighted by Crippen LogP contribution is 2.20. The van der Waals surface area contributed by atoms with E-state index < -0.39 is 9.84 Å². The number of hydrogen-bond acceptors (Lipinski definition) is 2. The topological polar surface area (TPSA) is 34.1 Å². The van der Waals surface area contributed by atoms with E-state index in [4.69, 9.17) is 0 Å². The van der Waals surface area contributed by atoms with Gasteiger partial charge in [-0.3, -0.25) is 0 Å². The second-order valence-electron chi connectivity index (χ2n) is 7.86. The van der Waals surface area contributed by atoms with Gasteiger partial charge >= 0.3 is 0 Å². The maximum Gasteiger partial charge on any atom is 0.157 e. The molecule has 0 aromatic heterocycles. The van der Waals surface area contributed by atoms with Crippen LogP contribution in [-0.4, -0.2) is 19.9 Å². The molecular formula is C30H26O2S. The van der Waals surface area contributed by atoms with E-state index in [9.17, 15) is 8.42 Å². The molecule has 0 radical (unpaired) electrons. The first kappa shape index (κ1) is 22.5. The summed E-state index contributed by atoms with van der Waals surface area (Å²) in [5, 5.41) is 0. The molecule has 0 saturated carbocycles. The summed E-state index contributed by atoms with van der Waals surface area (Å²) in [4.78, 5) is 0. The van der Waals surface area contributed by atoms with Crippen molar-refractivity contribution in [2.75, 3.05) is 11.5 Å². The third kappa shape index (κ3) is 6.64.